The Hall–Kier alpha value is -3.67. The molecule has 0 radical (unpaired) electrons. The Labute approximate surface area is 239 Å². The highest BCUT2D eigenvalue weighted by Gasteiger charge is 2.39. The number of nitrogens with zero attached hydrogens (tertiary/aromatic N) is 2. The Balaban J connectivity index is 1.40. The maximum absolute atomic E-state index is 13.9. The molecule has 2 bridgehead atoms. The molecule has 0 aliphatic carbocycles. The van der Waals surface area contributed by atoms with Gasteiger partial charge in [0.1, 0.15) is 24.1 Å². The fourth-order valence-corrected chi connectivity index (χ4v) is 5.79. The maximum Gasteiger partial charge on any atom is 0.258 e. The molecule has 2 fully saturated rings. The number of carbonyl (C=O) groups is 3. The second-order valence-corrected chi connectivity index (χ2v) is 10.7. The van der Waals surface area contributed by atoms with Gasteiger partial charge in [-0.3, -0.25) is 19.3 Å². The van der Waals surface area contributed by atoms with Gasteiger partial charge in [-0.2, -0.15) is 0 Å². The fourth-order valence-electron chi connectivity index (χ4n) is 5.79. The van der Waals surface area contributed by atoms with Crippen LogP contribution in [-0.4, -0.2) is 103 Å². The van der Waals surface area contributed by atoms with Gasteiger partial charge in [-0.25, -0.2) is 0 Å². The monoisotopic (exact) mass is 566 g/mol. The predicted molar refractivity (Wildman–Crippen MR) is 149 cm³/mol. The molecule has 0 aromatic heterocycles. The number of amides is 3. The summed E-state index contributed by atoms with van der Waals surface area (Å²) >= 11 is 0. The molecule has 5 rings (SSSR count). The molecular formula is C30H38N4O7. The fraction of sp³-hybridized carbons (Fsp3) is 0.500. The average Bonchev–Trinajstić information content (AvgIpc) is 2.97. The third kappa shape index (κ3) is 6.98. The van der Waals surface area contributed by atoms with E-state index in [1.54, 1.807) is 35.2 Å². The van der Waals surface area contributed by atoms with Crippen molar-refractivity contribution in [1.29, 1.82) is 0 Å². The van der Waals surface area contributed by atoms with E-state index in [-0.39, 0.29) is 55.3 Å². The van der Waals surface area contributed by atoms with Crippen molar-refractivity contribution in [3.63, 3.8) is 0 Å². The Kier molecular flexibility index (Phi) is 9.38. The zero-order valence-electron chi connectivity index (χ0n) is 23.3. The number of aromatic hydroxyl groups is 1. The van der Waals surface area contributed by atoms with E-state index in [1.807, 2.05) is 18.2 Å². The lowest BCUT2D eigenvalue weighted by atomic mass is 9.96. The number of ether oxygens (including phenoxy) is 3. The van der Waals surface area contributed by atoms with Crippen molar-refractivity contribution in [1.82, 2.24) is 20.4 Å². The highest BCUT2D eigenvalue weighted by molar-refractivity contribution is 6.00. The van der Waals surface area contributed by atoms with E-state index < -0.39 is 12.1 Å². The number of hydrogen-bond acceptors (Lipinski definition) is 8. The molecule has 41 heavy (non-hydrogen) atoms. The largest absolute Gasteiger partial charge is 0.508 e. The van der Waals surface area contributed by atoms with Crippen LogP contribution in [0.1, 0.15) is 35.2 Å². The molecule has 3 aliphatic heterocycles. The van der Waals surface area contributed by atoms with E-state index in [0.717, 1.165) is 12.0 Å². The Morgan fingerprint density at radius 1 is 1.10 bits per heavy atom. The van der Waals surface area contributed by atoms with Gasteiger partial charge in [0.05, 0.1) is 30.4 Å². The van der Waals surface area contributed by atoms with Gasteiger partial charge >= 0.3 is 0 Å². The minimum Gasteiger partial charge on any atom is -0.508 e. The summed E-state index contributed by atoms with van der Waals surface area (Å²) in [7, 11) is 1.46. The first-order valence-electron chi connectivity index (χ1n) is 14.2. The Morgan fingerprint density at radius 2 is 1.90 bits per heavy atom. The smallest absolute Gasteiger partial charge is 0.258 e. The van der Waals surface area contributed by atoms with Crippen molar-refractivity contribution in [2.24, 2.45) is 0 Å². The first-order chi connectivity index (χ1) is 19.9. The molecule has 2 aromatic carbocycles. The molecular weight excluding hydrogens is 528 g/mol. The van der Waals surface area contributed by atoms with Crippen molar-refractivity contribution in [2.75, 3.05) is 46.5 Å². The van der Waals surface area contributed by atoms with Crippen LogP contribution in [-0.2, 0) is 25.6 Å². The second kappa shape index (κ2) is 13.3. The third-order valence-electron chi connectivity index (χ3n) is 7.94. The number of piperazine rings is 1. The van der Waals surface area contributed by atoms with Crippen molar-refractivity contribution in [2.45, 2.75) is 50.1 Å². The quantitative estimate of drug-likeness (QED) is 0.494. The number of para-hydroxylation sites is 2. The summed E-state index contributed by atoms with van der Waals surface area (Å²) in [5.41, 5.74) is 1.17. The summed E-state index contributed by atoms with van der Waals surface area (Å²) in [6.07, 6.45) is 1.47. The molecule has 0 spiro atoms. The van der Waals surface area contributed by atoms with Gasteiger partial charge in [-0.05, 0) is 31.0 Å². The summed E-state index contributed by atoms with van der Waals surface area (Å²) < 4.78 is 17.4. The summed E-state index contributed by atoms with van der Waals surface area (Å²) in [6.45, 7) is 2.09. The molecule has 0 saturated carbocycles. The number of phenolic OH excluding ortho intramolecular Hbond substituents is 1. The zero-order valence-corrected chi connectivity index (χ0v) is 23.3. The van der Waals surface area contributed by atoms with Crippen LogP contribution in [0.3, 0.4) is 0 Å². The van der Waals surface area contributed by atoms with E-state index in [0.29, 0.717) is 50.4 Å². The summed E-state index contributed by atoms with van der Waals surface area (Å²) in [6, 6.07) is 13.2. The lowest BCUT2D eigenvalue weighted by Crippen LogP contribution is -2.62. The van der Waals surface area contributed by atoms with Crippen molar-refractivity contribution >= 4 is 17.7 Å². The van der Waals surface area contributed by atoms with Crippen LogP contribution >= 0.6 is 0 Å². The van der Waals surface area contributed by atoms with E-state index in [1.165, 1.54) is 7.11 Å². The lowest BCUT2D eigenvalue weighted by molar-refractivity contribution is -0.132. The van der Waals surface area contributed by atoms with Crippen molar-refractivity contribution < 1.29 is 33.7 Å². The standard InChI is InChI=1S/C30H38N4O7/c1-39-19-28(36)32-23-11-10-21-12-15-40-26-9-5-3-7-22(26)30(38)34-14-13-33(17-20-6-2-4-8-25(20)35)18-24(34)29(37)31-16-27(23)41-21/h2-9,21,23-24,27,35H,10-19H2,1H3,(H,31,37)(H,32,36)/t21-,23+,24-,27+/m0/s1. The van der Waals surface area contributed by atoms with Gasteiger partial charge in [0.25, 0.3) is 5.91 Å². The minimum atomic E-state index is -0.779. The summed E-state index contributed by atoms with van der Waals surface area (Å²) in [4.78, 5) is 43.6. The average molecular weight is 567 g/mol. The number of carbonyl (C=O) groups excluding carboxylic acids is 3. The Bertz CT molecular complexity index is 1240. The van der Waals surface area contributed by atoms with E-state index in [2.05, 4.69) is 15.5 Å². The number of benzene rings is 2. The highest BCUT2D eigenvalue weighted by atomic mass is 16.5. The molecule has 4 atom stereocenters. The maximum atomic E-state index is 13.9. The van der Waals surface area contributed by atoms with Crippen LogP contribution in [0.5, 0.6) is 11.5 Å². The molecule has 220 valence electrons. The van der Waals surface area contributed by atoms with Gasteiger partial charge in [0, 0.05) is 51.8 Å². The molecule has 0 unspecified atom stereocenters. The predicted octanol–water partition coefficient (Wildman–Crippen LogP) is 1.30. The van der Waals surface area contributed by atoms with Gasteiger partial charge in [-0.15, -0.1) is 0 Å². The number of fused-ring (bicyclic) bond motifs is 4. The van der Waals surface area contributed by atoms with Crippen LogP contribution < -0.4 is 15.4 Å². The van der Waals surface area contributed by atoms with Crippen LogP contribution in [0.2, 0.25) is 0 Å². The van der Waals surface area contributed by atoms with E-state index >= 15 is 0 Å². The molecule has 2 aromatic rings. The number of methoxy groups -OCH3 is 1. The number of phenols is 1. The summed E-state index contributed by atoms with van der Waals surface area (Å²) in [5.74, 6) is -0.140. The van der Waals surface area contributed by atoms with Gasteiger partial charge in [0.15, 0.2) is 0 Å². The molecule has 3 heterocycles. The number of rotatable bonds is 5. The number of hydrogen-bond donors (Lipinski definition) is 3. The van der Waals surface area contributed by atoms with Gasteiger partial charge < -0.3 is 34.9 Å². The Morgan fingerprint density at radius 3 is 2.73 bits per heavy atom. The minimum absolute atomic E-state index is 0.0573. The SMILES string of the molecule is COCC(=O)N[C@@H]1CC[C@H]2CCOc3ccccc3C(=O)N3CCN(Cc4ccccc4O)C[C@H]3C(=O)NC[C@H]1O2. The number of nitrogens with one attached hydrogen (secondary N) is 2. The molecule has 11 heteroatoms. The van der Waals surface area contributed by atoms with Crippen LogP contribution in [0.4, 0.5) is 0 Å². The van der Waals surface area contributed by atoms with Gasteiger partial charge in [0.2, 0.25) is 11.8 Å². The van der Waals surface area contributed by atoms with Crippen LogP contribution in [0, 0.1) is 0 Å². The van der Waals surface area contributed by atoms with Crippen LogP contribution in [0.15, 0.2) is 48.5 Å². The highest BCUT2D eigenvalue weighted by Crippen LogP contribution is 2.27. The topological polar surface area (TPSA) is 130 Å². The molecule has 3 amide bonds. The lowest BCUT2D eigenvalue weighted by Gasteiger charge is -2.42. The van der Waals surface area contributed by atoms with Crippen molar-refractivity contribution in [3.8, 4) is 11.5 Å². The van der Waals surface area contributed by atoms with E-state index in [4.69, 9.17) is 14.2 Å². The molecule has 3 aliphatic rings. The molecule has 11 nitrogen and oxygen atoms in total. The first kappa shape index (κ1) is 28.8. The second-order valence-electron chi connectivity index (χ2n) is 10.7. The van der Waals surface area contributed by atoms with Crippen LogP contribution in [0.25, 0.3) is 0 Å². The third-order valence-corrected chi connectivity index (χ3v) is 7.94. The van der Waals surface area contributed by atoms with Gasteiger partial charge in [-0.1, -0.05) is 30.3 Å². The normalized spacial score (nSPS) is 25.6. The van der Waals surface area contributed by atoms with E-state index in [9.17, 15) is 19.5 Å². The first-order valence-corrected chi connectivity index (χ1v) is 14.2. The molecule has 3 N–H and O–H groups in total. The summed E-state index contributed by atoms with van der Waals surface area (Å²) in [5, 5.41) is 16.3. The zero-order chi connectivity index (χ0) is 28.8. The van der Waals surface area contributed by atoms with Crippen molar-refractivity contribution in [3.05, 3.63) is 59.7 Å². The molecule has 2 saturated heterocycles.